The molecule has 0 amide bonds. The van der Waals surface area contributed by atoms with Crippen LogP contribution in [0.4, 0.5) is 14.5 Å². The normalized spacial score (nSPS) is 11.2. The van der Waals surface area contributed by atoms with Crippen molar-refractivity contribution in [1.29, 1.82) is 0 Å². The van der Waals surface area contributed by atoms with Gasteiger partial charge in [0.2, 0.25) is 10.0 Å². The summed E-state index contributed by atoms with van der Waals surface area (Å²) in [5, 5.41) is 0. The molecule has 0 aliphatic rings. The van der Waals surface area contributed by atoms with Gasteiger partial charge in [-0.2, -0.15) is 0 Å². The van der Waals surface area contributed by atoms with E-state index in [0.29, 0.717) is 0 Å². The first-order chi connectivity index (χ1) is 7.71. The molecule has 1 aromatic carbocycles. The van der Waals surface area contributed by atoms with E-state index in [1.165, 1.54) is 0 Å². The lowest BCUT2D eigenvalue weighted by atomic mass is 10.3. The fourth-order valence-corrected chi connectivity index (χ4v) is 2.84. The second-order valence-electron chi connectivity index (χ2n) is 3.07. The molecule has 0 aliphatic carbocycles. The molecule has 0 aliphatic heterocycles. The summed E-state index contributed by atoms with van der Waals surface area (Å²) < 4.78 is 51.3. The molecule has 1 aromatic rings. The minimum absolute atomic E-state index is 0.157. The number of nitrogens with one attached hydrogen (secondary N) is 1. The van der Waals surface area contributed by atoms with Gasteiger partial charge in [-0.1, -0.05) is 28.1 Å². The third kappa shape index (κ3) is 4.17. The van der Waals surface area contributed by atoms with Crippen LogP contribution >= 0.6 is 28.1 Å². The summed E-state index contributed by atoms with van der Waals surface area (Å²) in [4.78, 5) is -0.296. The fourth-order valence-electron chi connectivity index (χ4n) is 1.02. The van der Waals surface area contributed by atoms with Crippen molar-refractivity contribution >= 4 is 48.8 Å². The Morgan fingerprint density at radius 1 is 1.41 bits per heavy atom. The van der Waals surface area contributed by atoms with Crippen LogP contribution in [0.2, 0.25) is 0 Å². The van der Waals surface area contributed by atoms with Crippen molar-refractivity contribution in [3.63, 3.8) is 0 Å². The highest BCUT2D eigenvalue weighted by Gasteiger charge is 2.18. The average Bonchev–Trinajstić information content (AvgIpc) is 2.09. The van der Waals surface area contributed by atoms with Crippen LogP contribution in [-0.2, 0) is 10.0 Å². The summed E-state index contributed by atoms with van der Waals surface area (Å²) in [6, 6.07) is 1.86. The quantitative estimate of drug-likeness (QED) is 0.816. The van der Waals surface area contributed by atoms with E-state index >= 15 is 0 Å². The van der Waals surface area contributed by atoms with Crippen molar-refractivity contribution in [2.45, 2.75) is 0 Å². The molecule has 94 valence electrons. The summed E-state index contributed by atoms with van der Waals surface area (Å²) in [6.07, 6.45) is 0. The van der Waals surface area contributed by atoms with Crippen LogP contribution in [0.3, 0.4) is 0 Å². The van der Waals surface area contributed by atoms with Gasteiger partial charge in [-0.25, -0.2) is 17.2 Å². The van der Waals surface area contributed by atoms with Gasteiger partial charge in [0, 0.05) is 4.47 Å². The first kappa shape index (κ1) is 14.3. The fraction of sp³-hybridized carbons (Fsp3) is 0.125. The van der Waals surface area contributed by atoms with Gasteiger partial charge in [-0.3, -0.25) is 4.72 Å². The zero-order valence-electron chi connectivity index (χ0n) is 8.21. The molecule has 0 aromatic heterocycles. The highest BCUT2D eigenvalue weighted by Crippen LogP contribution is 2.24. The number of anilines is 1. The predicted octanol–water partition coefficient (Wildman–Crippen LogP) is 1.76. The first-order valence-corrected chi connectivity index (χ1v) is 7.00. The molecule has 1 rings (SSSR count). The van der Waals surface area contributed by atoms with Crippen molar-refractivity contribution in [2.75, 3.05) is 10.5 Å². The van der Waals surface area contributed by atoms with Gasteiger partial charge in [0.15, 0.2) is 11.6 Å². The van der Waals surface area contributed by atoms with Crippen LogP contribution < -0.4 is 10.5 Å². The molecule has 0 bridgehead atoms. The van der Waals surface area contributed by atoms with E-state index < -0.39 is 33.1 Å². The third-order valence-corrected chi connectivity index (χ3v) is 3.59. The van der Waals surface area contributed by atoms with Gasteiger partial charge in [0.05, 0.1) is 4.99 Å². The molecule has 0 heterocycles. The van der Waals surface area contributed by atoms with E-state index in [0.717, 1.165) is 12.1 Å². The van der Waals surface area contributed by atoms with Gasteiger partial charge in [0.25, 0.3) is 0 Å². The third-order valence-electron chi connectivity index (χ3n) is 1.60. The van der Waals surface area contributed by atoms with E-state index in [4.69, 9.17) is 5.73 Å². The number of thiocarbonyl (C=S) groups is 1. The van der Waals surface area contributed by atoms with Crippen molar-refractivity contribution in [3.8, 4) is 0 Å². The smallest absolute Gasteiger partial charge is 0.239 e. The highest BCUT2D eigenvalue weighted by atomic mass is 79.9. The Hall–Kier alpha value is -0.800. The Balaban J connectivity index is 3.08. The lowest BCUT2D eigenvalue weighted by molar-refractivity contribution is 0.583. The van der Waals surface area contributed by atoms with Gasteiger partial charge in [0.1, 0.15) is 11.4 Å². The Bertz CT molecular complexity index is 540. The first-order valence-electron chi connectivity index (χ1n) is 4.14. The monoisotopic (exact) mass is 344 g/mol. The maximum atomic E-state index is 13.3. The molecule has 0 fully saturated rings. The molecule has 0 spiro atoms. The van der Waals surface area contributed by atoms with Crippen molar-refractivity contribution in [2.24, 2.45) is 5.73 Å². The maximum absolute atomic E-state index is 13.3. The van der Waals surface area contributed by atoms with Crippen LogP contribution in [0.5, 0.6) is 0 Å². The number of rotatable bonds is 4. The van der Waals surface area contributed by atoms with Crippen molar-refractivity contribution in [3.05, 3.63) is 28.2 Å². The molecule has 0 saturated carbocycles. The van der Waals surface area contributed by atoms with Crippen LogP contribution in [0.1, 0.15) is 0 Å². The van der Waals surface area contributed by atoms with E-state index in [1.807, 2.05) is 0 Å². The van der Waals surface area contributed by atoms with Crippen molar-refractivity contribution in [1.82, 2.24) is 0 Å². The zero-order valence-corrected chi connectivity index (χ0v) is 11.4. The van der Waals surface area contributed by atoms with Crippen LogP contribution in [-0.4, -0.2) is 19.2 Å². The number of benzene rings is 1. The lowest BCUT2D eigenvalue weighted by Crippen LogP contribution is -2.27. The number of halogens is 3. The summed E-state index contributed by atoms with van der Waals surface area (Å²) >= 11 is 7.28. The number of nitrogens with two attached hydrogens (primary N) is 1. The molecule has 0 radical (unpaired) electrons. The van der Waals surface area contributed by atoms with E-state index in [-0.39, 0.29) is 9.46 Å². The average molecular weight is 345 g/mol. The van der Waals surface area contributed by atoms with Crippen LogP contribution in [0.15, 0.2) is 16.6 Å². The Kier molecular flexibility index (Phi) is 4.39. The van der Waals surface area contributed by atoms with E-state index in [9.17, 15) is 17.2 Å². The molecule has 3 N–H and O–H groups in total. The second kappa shape index (κ2) is 5.23. The molecular weight excluding hydrogens is 338 g/mol. The second-order valence-corrected chi connectivity index (χ2v) is 6.23. The Morgan fingerprint density at radius 2 is 1.88 bits per heavy atom. The topological polar surface area (TPSA) is 72.2 Å². The number of hydrogen-bond donors (Lipinski definition) is 2. The van der Waals surface area contributed by atoms with Crippen LogP contribution in [0, 0.1) is 11.6 Å². The van der Waals surface area contributed by atoms with Gasteiger partial charge < -0.3 is 5.73 Å². The van der Waals surface area contributed by atoms with Gasteiger partial charge >= 0.3 is 0 Å². The summed E-state index contributed by atoms with van der Waals surface area (Å²) in [6.45, 7) is 0. The molecule has 17 heavy (non-hydrogen) atoms. The number of hydrogen-bond acceptors (Lipinski definition) is 3. The lowest BCUT2D eigenvalue weighted by Gasteiger charge is -2.09. The van der Waals surface area contributed by atoms with Gasteiger partial charge in [-0.05, 0) is 12.1 Å². The van der Waals surface area contributed by atoms with Crippen LogP contribution in [0.25, 0.3) is 0 Å². The minimum Gasteiger partial charge on any atom is -0.392 e. The molecule has 4 nitrogen and oxygen atoms in total. The summed E-state index contributed by atoms with van der Waals surface area (Å²) in [5.74, 6) is -2.76. The SMILES string of the molecule is NC(=S)CS(=O)(=O)Nc1c(F)cc(Br)cc1F. The molecule has 0 unspecified atom stereocenters. The largest absolute Gasteiger partial charge is 0.392 e. The highest BCUT2D eigenvalue weighted by molar-refractivity contribution is 9.10. The molecule has 0 atom stereocenters. The summed E-state index contributed by atoms with van der Waals surface area (Å²) in [7, 11) is -4.00. The molecule has 0 saturated heterocycles. The standard InChI is InChI=1S/C8H7BrF2N2O2S2/c9-4-1-5(10)8(6(11)2-4)13-17(14,15)3-7(12)16/h1-2,13H,3H2,(H2,12,16). The van der Waals surface area contributed by atoms with E-state index in [2.05, 4.69) is 28.1 Å². The summed E-state index contributed by atoms with van der Waals surface area (Å²) in [5.41, 5.74) is 4.29. The maximum Gasteiger partial charge on any atom is 0.239 e. The van der Waals surface area contributed by atoms with Crippen molar-refractivity contribution < 1.29 is 17.2 Å². The zero-order chi connectivity index (χ0) is 13.2. The molecular formula is C8H7BrF2N2O2S2. The molecule has 9 heteroatoms. The Labute approximate surface area is 110 Å². The predicted molar refractivity (Wildman–Crippen MR) is 68.3 cm³/mol. The number of sulfonamides is 1. The van der Waals surface area contributed by atoms with E-state index in [1.54, 1.807) is 4.72 Å². The van der Waals surface area contributed by atoms with Gasteiger partial charge in [-0.15, -0.1) is 0 Å². The minimum atomic E-state index is -4.00. The Morgan fingerprint density at radius 3 is 2.29 bits per heavy atom.